The van der Waals surface area contributed by atoms with Gasteiger partial charge in [-0.05, 0) is 123 Å². The molecule has 0 radical (unpaired) electrons. The predicted molar refractivity (Wildman–Crippen MR) is 296 cm³/mol. The molecule has 0 aliphatic heterocycles. The molecule has 0 saturated heterocycles. The van der Waals surface area contributed by atoms with Gasteiger partial charge in [0.2, 0.25) is 0 Å². The molecule has 0 fully saturated rings. The summed E-state index contributed by atoms with van der Waals surface area (Å²) in [5, 5.41) is 24.4. The fourth-order valence-corrected chi connectivity index (χ4v) is 21.8. The molecule has 0 aliphatic rings. The monoisotopic (exact) mass is 949 g/mol. The van der Waals surface area contributed by atoms with E-state index in [4.69, 9.17) is 8.85 Å². The largest absolute Gasteiger partial charge is 0.542 e. The van der Waals surface area contributed by atoms with Crippen LogP contribution in [0.1, 0.15) is 222 Å². The van der Waals surface area contributed by atoms with Gasteiger partial charge in [-0.2, -0.15) is 0 Å². The lowest BCUT2D eigenvalue weighted by molar-refractivity contribution is 0.456. The van der Waals surface area contributed by atoms with E-state index in [0.717, 1.165) is 44.9 Å². The zero-order valence-corrected chi connectivity index (χ0v) is 49.1. The number of hydrogen-bond acceptors (Lipinski definition) is 4. The molecule has 0 spiro atoms. The van der Waals surface area contributed by atoms with Crippen LogP contribution in [0.5, 0.6) is 23.0 Å². The summed E-state index contributed by atoms with van der Waals surface area (Å²) in [6.45, 7) is 55.3. The fraction of sp³-hybridized carbons (Fsp3) is 0.607. The zero-order valence-electron chi connectivity index (χ0n) is 47.1. The van der Waals surface area contributed by atoms with Crippen molar-refractivity contribution in [2.24, 2.45) is 0 Å². The van der Waals surface area contributed by atoms with Crippen LogP contribution >= 0.6 is 0 Å². The molecule has 67 heavy (non-hydrogen) atoms. The van der Waals surface area contributed by atoms with Crippen molar-refractivity contribution in [3.05, 3.63) is 116 Å². The Morgan fingerprint density at radius 3 is 1.04 bits per heavy atom. The molecular formula is C61H96O4Si2. The van der Waals surface area contributed by atoms with Crippen LogP contribution in [0.25, 0.3) is 0 Å². The number of phenols is 2. The van der Waals surface area contributed by atoms with Crippen molar-refractivity contribution < 1.29 is 19.1 Å². The zero-order chi connectivity index (χ0) is 51.2. The fourth-order valence-electron chi connectivity index (χ4n) is 11.2. The Balaban J connectivity index is 2.11. The van der Waals surface area contributed by atoms with E-state index in [2.05, 4.69) is 221 Å². The van der Waals surface area contributed by atoms with Crippen LogP contribution in [0.15, 0.2) is 60.7 Å². The first kappa shape index (κ1) is 56.1. The van der Waals surface area contributed by atoms with Crippen molar-refractivity contribution >= 4 is 16.6 Å². The molecule has 0 atom stereocenters. The molecule has 0 amide bonds. The highest BCUT2D eigenvalue weighted by Crippen LogP contribution is 2.48. The molecule has 6 heteroatoms. The molecule has 0 unspecified atom stereocenters. The quantitative estimate of drug-likeness (QED) is 0.110. The summed E-state index contributed by atoms with van der Waals surface area (Å²) < 4.78 is 15.4. The minimum atomic E-state index is -2.51. The maximum absolute atomic E-state index is 12.9. The molecule has 4 rings (SSSR count). The number of phenolic OH excluding ortho intramolecular Hbond substituents is 2. The van der Waals surface area contributed by atoms with Crippen LogP contribution in [-0.4, -0.2) is 26.8 Å². The van der Waals surface area contributed by atoms with Gasteiger partial charge in [0.1, 0.15) is 23.0 Å². The summed E-state index contributed by atoms with van der Waals surface area (Å²) in [6, 6.07) is 22.1. The van der Waals surface area contributed by atoms with Gasteiger partial charge in [0, 0.05) is 19.3 Å². The minimum absolute atomic E-state index is 0.0616. The van der Waals surface area contributed by atoms with E-state index in [1.54, 1.807) is 0 Å². The summed E-state index contributed by atoms with van der Waals surface area (Å²) in [6.07, 6.45) is 1.57. The van der Waals surface area contributed by atoms with E-state index in [0.29, 0.717) is 64.0 Å². The Labute approximate surface area is 413 Å². The van der Waals surface area contributed by atoms with Crippen LogP contribution in [0.3, 0.4) is 0 Å². The van der Waals surface area contributed by atoms with E-state index < -0.39 is 16.6 Å². The summed E-state index contributed by atoms with van der Waals surface area (Å²) >= 11 is 0. The lowest BCUT2D eigenvalue weighted by atomic mass is 9.80. The van der Waals surface area contributed by atoms with Crippen molar-refractivity contribution in [1.82, 2.24) is 0 Å². The van der Waals surface area contributed by atoms with Crippen molar-refractivity contribution in [1.29, 1.82) is 0 Å². The van der Waals surface area contributed by atoms with Crippen LogP contribution in [-0.2, 0) is 40.9 Å². The number of rotatable bonds is 16. The van der Waals surface area contributed by atoms with Gasteiger partial charge in [-0.15, -0.1) is 0 Å². The van der Waals surface area contributed by atoms with Crippen LogP contribution < -0.4 is 8.85 Å². The molecule has 4 nitrogen and oxygen atoms in total. The Kier molecular flexibility index (Phi) is 17.1. The second-order valence-electron chi connectivity index (χ2n) is 26.3. The number of aromatic hydroxyl groups is 2. The van der Waals surface area contributed by atoms with Crippen molar-refractivity contribution in [3.8, 4) is 23.0 Å². The number of hydrogen-bond donors (Lipinski definition) is 2. The second kappa shape index (κ2) is 20.5. The first-order valence-electron chi connectivity index (χ1n) is 25.8. The van der Waals surface area contributed by atoms with Crippen molar-refractivity contribution in [3.63, 3.8) is 0 Å². The third-order valence-electron chi connectivity index (χ3n) is 15.2. The molecule has 4 aromatic rings. The summed E-state index contributed by atoms with van der Waals surface area (Å²) in [7, 11) is -4.81. The predicted octanol–water partition coefficient (Wildman–Crippen LogP) is 18.2. The van der Waals surface area contributed by atoms with E-state index >= 15 is 0 Å². The molecule has 2 N–H and O–H groups in total. The molecule has 0 bridgehead atoms. The first-order valence-corrected chi connectivity index (χ1v) is 30.1. The summed E-state index contributed by atoms with van der Waals surface area (Å²) in [5.41, 5.74) is 12.7. The van der Waals surface area contributed by atoms with Crippen LogP contribution in [0, 0.1) is 0 Å². The van der Waals surface area contributed by atoms with Crippen molar-refractivity contribution in [2.45, 2.75) is 240 Å². The van der Waals surface area contributed by atoms with Gasteiger partial charge in [-0.1, -0.05) is 215 Å². The van der Waals surface area contributed by atoms with E-state index in [-0.39, 0.29) is 21.7 Å². The topological polar surface area (TPSA) is 58.9 Å². The summed E-state index contributed by atoms with van der Waals surface area (Å²) in [4.78, 5) is 0. The summed E-state index contributed by atoms with van der Waals surface area (Å²) in [5.74, 6) is 2.51. The van der Waals surface area contributed by atoms with Gasteiger partial charge < -0.3 is 19.1 Å². The average Bonchev–Trinajstić information content (AvgIpc) is 3.16. The Hall–Kier alpha value is -3.49. The SMILES string of the molecule is CC(C)[Si](Oc1ccc(C(C)(C)C)cc1Cc1cc(C(C)(C)C)cc(Cc2cc(C(C)(C)C)cc(Cc3cc(C(C)(C)C)ccc3O)c2O[Si](C(C)C)(C(C)C)C(C)C)c1O)(C(C)C)C(C)C. The molecule has 4 aromatic carbocycles. The highest BCUT2D eigenvalue weighted by atomic mass is 28.4. The highest BCUT2D eigenvalue weighted by Gasteiger charge is 2.49. The van der Waals surface area contributed by atoms with Gasteiger partial charge in [0.15, 0.2) is 0 Å². The van der Waals surface area contributed by atoms with Gasteiger partial charge >= 0.3 is 0 Å². The van der Waals surface area contributed by atoms with E-state index in [9.17, 15) is 10.2 Å². The Morgan fingerprint density at radius 2 is 0.672 bits per heavy atom. The smallest absolute Gasteiger partial charge is 0.258 e. The van der Waals surface area contributed by atoms with Gasteiger partial charge in [-0.25, -0.2) is 0 Å². The maximum Gasteiger partial charge on any atom is 0.258 e. The molecule has 0 saturated carbocycles. The molecule has 0 aromatic heterocycles. The van der Waals surface area contributed by atoms with E-state index in [1.807, 2.05) is 6.07 Å². The maximum atomic E-state index is 12.9. The average molecular weight is 950 g/mol. The molecule has 372 valence electrons. The second-order valence-corrected chi connectivity index (χ2v) is 37.1. The molecule has 0 heterocycles. The Bertz CT molecular complexity index is 2280. The molecule has 0 aliphatic carbocycles. The van der Waals surface area contributed by atoms with Gasteiger partial charge in [0.05, 0.1) is 0 Å². The molecular weight excluding hydrogens is 853 g/mol. The first-order chi connectivity index (χ1) is 30.5. The van der Waals surface area contributed by atoms with Crippen molar-refractivity contribution in [2.75, 3.05) is 0 Å². The standard InChI is InChI=1S/C61H96O4Si2/c1-38(2)66(39(3)4,40(5)6)64-55-28-26-51(59(16,17)18)33-45(55)30-46-34-52(60(19,20)21)35-47(56(46)63)31-49-37-53(61(22,23)24)36-48(29-44-32-50(58(13,14)15)25-27-54(44)62)57(49)65-67(41(7)8,42(9)10)43(11)12/h25-28,32-43,62-63H,29-31H2,1-24H3. The Morgan fingerprint density at radius 1 is 0.373 bits per heavy atom. The third kappa shape index (κ3) is 12.3. The lowest BCUT2D eigenvalue weighted by Crippen LogP contribution is -2.51. The van der Waals surface area contributed by atoms with Crippen LogP contribution in [0.2, 0.25) is 33.2 Å². The highest BCUT2D eigenvalue weighted by molar-refractivity contribution is 6.78. The van der Waals surface area contributed by atoms with E-state index in [1.165, 1.54) is 22.3 Å². The third-order valence-corrected chi connectivity index (χ3v) is 27.2. The normalized spacial score (nSPS) is 13.6. The van der Waals surface area contributed by atoms with Gasteiger partial charge in [0.25, 0.3) is 16.6 Å². The minimum Gasteiger partial charge on any atom is -0.542 e. The van der Waals surface area contributed by atoms with Crippen LogP contribution in [0.4, 0.5) is 0 Å². The lowest BCUT2D eigenvalue weighted by Gasteiger charge is -2.43. The number of benzene rings is 4. The van der Waals surface area contributed by atoms with Gasteiger partial charge in [-0.3, -0.25) is 0 Å².